The van der Waals surface area contributed by atoms with Gasteiger partial charge in [0.15, 0.2) is 0 Å². The van der Waals surface area contributed by atoms with Gasteiger partial charge in [-0.25, -0.2) is 9.69 Å². The van der Waals surface area contributed by atoms with E-state index in [1.165, 1.54) is 24.5 Å². The summed E-state index contributed by atoms with van der Waals surface area (Å²) in [6, 6.07) is 7.50. The molecule has 0 unspecified atom stereocenters. The number of carbonyl (C=O) groups is 3. The Hall–Kier alpha value is -2.93. The number of anilines is 1. The Balaban J connectivity index is 2.01. The normalized spacial score (nSPS) is 16.7. The Labute approximate surface area is 136 Å². The van der Waals surface area contributed by atoms with E-state index >= 15 is 0 Å². The standard InChI is InChI=1S/C16H12N2O4S/c1-22-12-4-2-3-11(8-12)18-15(20)13(14(19)17-16(18)21)7-10-5-6-23-9-10/h2-9H,1H3,(H,17,19,21)/b13-7-. The Morgan fingerprint density at radius 3 is 2.74 bits per heavy atom. The van der Waals surface area contributed by atoms with Crippen LogP contribution in [0, 0.1) is 0 Å². The molecule has 3 rings (SSSR count). The predicted molar refractivity (Wildman–Crippen MR) is 86.3 cm³/mol. The molecule has 1 aliphatic heterocycles. The monoisotopic (exact) mass is 328 g/mol. The lowest BCUT2D eigenvalue weighted by atomic mass is 10.1. The van der Waals surface area contributed by atoms with Gasteiger partial charge in [-0.2, -0.15) is 11.3 Å². The number of carbonyl (C=O) groups excluding carboxylic acids is 3. The zero-order valence-electron chi connectivity index (χ0n) is 12.1. The van der Waals surface area contributed by atoms with E-state index in [1.807, 2.05) is 5.38 Å². The summed E-state index contributed by atoms with van der Waals surface area (Å²) in [5, 5.41) is 5.82. The minimum atomic E-state index is -0.782. The second kappa shape index (κ2) is 6.05. The largest absolute Gasteiger partial charge is 0.497 e. The second-order valence-corrected chi connectivity index (χ2v) is 5.50. The van der Waals surface area contributed by atoms with Gasteiger partial charge in [-0.15, -0.1) is 0 Å². The minimum Gasteiger partial charge on any atom is -0.497 e. The number of methoxy groups -OCH3 is 1. The lowest BCUT2D eigenvalue weighted by molar-refractivity contribution is -0.122. The highest BCUT2D eigenvalue weighted by molar-refractivity contribution is 7.08. The maximum atomic E-state index is 12.6. The smallest absolute Gasteiger partial charge is 0.335 e. The second-order valence-electron chi connectivity index (χ2n) is 4.72. The molecule has 0 aliphatic carbocycles. The van der Waals surface area contributed by atoms with E-state index in [1.54, 1.807) is 35.7 Å². The van der Waals surface area contributed by atoms with Crippen molar-refractivity contribution in [1.29, 1.82) is 0 Å². The summed E-state index contributed by atoms with van der Waals surface area (Å²) >= 11 is 1.45. The third-order valence-corrected chi connectivity index (χ3v) is 3.97. The van der Waals surface area contributed by atoms with Crippen molar-refractivity contribution in [2.45, 2.75) is 0 Å². The van der Waals surface area contributed by atoms with Crippen LogP contribution >= 0.6 is 11.3 Å². The molecule has 1 aliphatic rings. The summed E-state index contributed by atoms with van der Waals surface area (Å²) in [5.41, 5.74) is 0.967. The van der Waals surface area contributed by atoms with Crippen molar-refractivity contribution < 1.29 is 19.1 Å². The summed E-state index contributed by atoms with van der Waals surface area (Å²) in [4.78, 5) is 37.6. The molecule has 0 atom stereocenters. The summed E-state index contributed by atoms with van der Waals surface area (Å²) in [6.07, 6.45) is 1.47. The van der Waals surface area contributed by atoms with Gasteiger partial charge in [0.25, 0.3) is 11.8 Å². The van der Waals surface area contributed by atoms with Crippen molar-refractivity contribution >= 4 is 40.9 Å². The minimum absolute atomic E-state index is 0.0918. The molecule has 1 saturated heterocycles. The quantitative estimate of drug-likeness (QED) is 0.693. The third kappa shape index (κ3) is 2.86. The fourth-order valence-corrected chi connectivity index (χ4v) is 2.78. The summed E-state index contributed by atoms with van der Waals surface area (Å²) in [5.74, 6) is -0.869. The van der Waals surface area contributed by atoms with Gasteiger partial charge in [0.05, 0.1) is 12.8 Å². The van der Waals surface area contributed by atoms with E-state index in [0.29, 0.717) is 11.4 Å². The Morgan fingerprint density at radius 1 is 1.22 bits per heavy atom. The van der Waals surface area contributed by atoms with Crippen molar-refractivity contribution in [1.82, 2.24) is 5.32 Å². The third-order valence-electron chi connectivity index (χ3n) is 3.27. The molecule has 116 valence electrons. The maximum Gasteiger partial charge on any atom is 0.335 e. The molecule has 2 aromatic rings. The average Bonchev–Trinajstić information content (AvgIpc) is 3.04. The number of imide groups is 2. The van der Waals surface area contributed by atoms with Gasteiger partial charge in [0.1, 0.15) is 11.3 Å². The fraction of sp³-hybridized carbons (Fsp3) is 0.0625. The number of rotatable bonds is 3. The van der Waals surface area contributed by atoms with Gasteiger partial charge in [-0.05, 0) is 40.6 Å². The van der Waals surface area contributed by atoms with Crippen molar-refractivity contribution in [3.8, 4) is 5.75 Å². The number of thiophene rings is 1. The molecule has 0 radical (unpaired) electrons. The van der Waals surface area contributed by atoms with E-state index in [4.69, 9.17) is 4.74 Å². The van der Waals surface area contributed by atoms with Crippen molar-refractivity contribution in [2.24, 2.45) is 0 Å². The molecule has 2 heterocycles. The van der Waals surface area contributed by atoms with Gasteiger partial charge in [0.2, 0.25) is 0 Å². The number of ether oxygens (including phenoxy) is 1. The number of benzene rings is 1. The van der Waals surface area contributed by atoms with Crippen LogP contribution in [0.5, 0.6) is 5.75 Å². The molecule has 1 fully saturated rings. The molecule has 7 heteroatoms. The number of urea groups is 1. The van der Waals surface area contributed by atoms with Crippen LogP contribution in [0.3, 0.4) is 0 Å². The van der Waals surface area contributed by atoms with E-state index < -0.39 is 17.8 Å². The first-order valence-electron chi connectivity index (χ1n) is 6.68. The molecule has 6 nitrogen and oxygen atoms in total. The fourth-order valence-electron chi connectivity index (χ4n) is 2.17. The SMILES string of the molecule is COc1cccc(N2C(=O)NC(=O)/C(=C/c3ccsc3)C2=O)c1. The lowest BCUT2D eigenvalue weighted by Gasteiger charge is -2.26. The van der Waals surface area contributed by atoms with Crippen molar-refractivity contribution in [3.63, 3.8) is 0 Å². The Bertz CT molecular complexity index is 811. The zero-order chi connectivity index (χ0) is 16.4. The van der Waals surface area contributed by atoms with Crippen LogP contribution < -0.4 is 15.0 Å². The van der Waals surface area contributed by atoms with E-state index in [9.17, 15) is 14.4 Å². The molecular weight excluding hydrogens is 316 g/mol. The van der Waals surface area contributed by atoms with Gasteiger partial charge in [-0.1, -0.05) is 6.07 Å². The molecule has 0 spiro atoms. The lowest BCUT2D eigenvalue weighted by Crippen LogP contribution is -2.54. The summed E-state index contributed by atoms with van der Waals surface area (Å²) in [7, 11) is 1.49. The number of hydrogen-bond donors (Lipinski definition) is 1. The number of hydrogen-bond acceptors (Lipinski definition) is 5. The highest BCUT2D eigenvalue weighted by Gasteiger charge is 2.36. The number of nitrogens with zero attached hydrogens (tertiary/aromatic N) is 1. The first-order valence-corrected chi connectivity index (χ1v) is 7.62. The number of barbiturate groups is 1. The van der Waals surface area contributed by atoms with Crippen LogP contribution in [0.1, 0.15) is 5.56 Å². The molecule has 0 bridgehead atoms. The van der Waals surface area contributed by atoms with Gasteiger partial charge < -0.3 is 4.74 Å². The van der Waals surface area contributed by atoms with Crippen molar-refractivity contribution in [2.75, 3.05) is 12.0 Å². The van der Waals surface area contributed by atoms with Crippen LogP contribution in [0.4, 0.5) is 10.5 Å². The van der Waals surface area contributed by atoms with Crippen LogP contribution in [0.2, 0.25) is 0 Å². The molecule has 1 aromatic heterocycles. The van der Waals surface area contributed by atoms with Gasteiger partial charge in [-0.3, -0.25) is 14.9 Å². The average molecular weight is 328 g/mol. The van der Waals surface area contributed by atoms with Crippen LogP contribution in [-0.2, 0) is 9.59 Å². The first-order chi connectivity index (χ1) is 11.1. The van der Waals surface area contributed by atoms with Gasteiger partial charge >= 0.3 is 6.03 Å². The molecule has 0 saturated carbocycles. The maximum absolute atomic E-state index is 12.6. The summed E-state index contributed by atoms with van der Waals surface area (Å²) < 4.78 is 5.10. The Morgan fingerprint density at radius 2 is 2.04 bits per heavy atom. The molecular formula is C16H12N2O4S. The van der Waals surface area contributed by atoms with E-state index in [0.717, 1.165) is 10.5 Å². The molecule has 1 aromatic carbocycles. The van der Waals surface area contributed by atoms with Crippen LogP contribution in [0.15, 0.2) is 46.7 Å². The first kappa shape index (κ1) is 15.0. The molecule has 1 N–H and O–H groups in total. The van der Waals surface area contributed by atoms with Crippen molar-refractivity contribution in [3.05, 3.63) is 52.2 Å². The number of amides is 4. The summed E-state index contributed by atoms with van der Waals surface area (Å²) in [6.45, 7) is 0. The van der Waals surface area contributed by atoms with Gasteiger partial charge in [0, 0.05) is 6.07 Å². The van der Waals surface area contributed by atoms with E-state index in [2.05, 4.69) is 5.32 Å². The van der Waals surface area contributed by atoms with Crippen LogP contribution in [0.25, 0.3) is 6.08 Å². The molecule has 23 heavy (non-hydrogen) atoms. The zero-order valence-corrected chi connectivity index (χ0v) is 12.9. The predicted octanol–water partition coefficient (Wildman–Crippen LogP) is 2.42. The number of nitrogens with one attached hydrogen (secondary N) is 1. The van der Waals surface area contributed by atoms with E-state index in [-0.39, 0.29) is 5.57 Å². The topological polar surface area (TPSA) is 75.7 Å². The molecule has 4 amide bonds. The highest BCUT2D eigenvalue weighted by atomic mass is 32.1. The van der Waals surface area contributed by atoms with Crippen LogP contribution in [-0.4, -0.2) is 25.0 Å². The Kier molecular flexibility index (Phi) is 3.94. The highest BCUT2D eigenvalue weighted by Crippen LogP contribution is 2.25.